The Bertz CT molecular complexity index is 735. The third-order valence-corrected chi connectivity index (χ3v) is 3.25. The van der Waals surface area contributed by atoms with E-state index in [9.17, 15) is 4.79 Å². The summed E-state index contributed by atoms with van der Waals surface area (Å²) in [6, 6.07) is 7.68. The normalized spacial score (nSPS) is 13.0. The number of hydrogen-bond acceptors (Lipinski definition) is 5. The van der Waals surface area contributed by atoms with Crippen molar-refractivity contribution < 1.29 is 4.79 Å². The van der Waals surface area contributed by atoms with Crippen molar-refractivity contribution in [2.75, 3.05) is 17.3 Å². The zero-order valence-corrected chi connectivity index (χ0v) is 10.8. The molecule has 6 nitrogen and oxygen atoms in total. The Morgan fingerprint density at radius 3 is 3.10 bits per heavy atom. The van der Waals surface area contributed by atoms with Crippen LogP contribution in [0.1, 0.15) is 11.1 Å². The number of aromatic nitrogens is 2. The second-order valence-corrected chi connectivity index (χ2v) is 4.49. The van der Waals surface area contributed by atoms with Crippen molar-refractivity contribution >= 4 is 23.1 Å². The molecule has 0 bridgehead atoms. The van der Waals surface area contributed by atoms with E-state index >= 15 is 0 Å². The Morgan fingerprint density at radius 2 is 2.30 bits per heavy atom. The van der Waals surface area contributed by atoms with E-state index in [1.807, 2.05) is 24.3 Å². The van der Waals surface area contributed by atoms with Gasteiger partial charge in [-0.25, -0.2) is 9.97 Å². The second kappa shape index (κ2) is 4.63. The first-order valence-electron chi connectivity index (χ1n) is 6.05. The minimum absolute atomic E-state index is 0.0805. The number of carbonyl (C=O) groups excluding carboxylic acids is 1. The SMILES string of the molecule is CN1C(=O)Cc2cc(Nc3ncncc3C#N)ccc21. The summed E-state index contributed by atoms with van der Waals surface area (Å²) in [7, 11) is 1.76. The van der Waals surface area contributed by atoms with Gasteiger partial charge in [0.2, 0.25) is 5.91 Å². The average molecular weight is 265 g/mol. The number of benzene rings is 1. The van der Waals surface area contributed by atoms with Gasteiger partial charge in [0.25, 0.3) is 0 Å². The predicted octanol–water partition coefficient (Wildman–Crippen LogP) is 1.61. The van der Waals surface area contributed by atoms with E-state index in [-0.39, 0.29) is 5.91 Å². The molecule has 6 heteroatoms. The van der Waals surface area contributed by atoms with Gasteiger partial charge in [-0.05, 0) is 23.8 Å². The van der Waals surface area contributed by atoms with Crippen molar-refractivity contribution in [3.05, 3.63) is 41.9 Å². The molecule has 1 aromatic carbocycles. The summed E-state index contributed by atoms with van der Waals surface area (Å²) in [5, 5.41) is 12.1. The van der Waals surface area contributed by atoms with E-state index in [1.165, 1.54) is 12.5 Å². The van der Waals surface area contributed by atoms with Gasteiger partial charge < -0.3 is 10.2 Å². The number of likely N-dealkylation sites (N-methyl/N-ethyl adjacent to an activating group) is 1. The molecule has 0 radical (unpaired) electrons. The molecule has 0 aliphatic carbocycles. The fourth-order valence-electron chi connectivity index (χ4n) is 2.20. The summed E-state index contributed by atoms with van der Waals surface area (Å²) in [6.45, 7) is 0. The van der Waals surface area contributed by atoms with Crippen LogP contribution >= 0.6 is 0 Å². The summed E-state index contributed by atoms with van der Waals surface area (Å²) in [6.07, 6.45) is 3.24. The molecule has 20 heavy (non-hydrogen) atoms. The van der Waals surface area contributed by atoms with E-state index in [0.717, 1.165) is 16.9 Å². The molecule has 0 saturated heterocycles. The van der Waals surface area contributed by atoms with Crippen LogP contribution in [0.15, 0.2) is 30.7 Å². The van der Waals surface area contributed by atoms with Gasteiger partial charge >= 0.3 is 0 Å². The Balaban J connectivity index is 1.92. The summed E-state index contributed by atoms with van der Waals surface area (Å²) in [4.78, 5) is 21.1. The van der Waals surface area contributed by atoms with Crippen LogP contribution in [-0.4, -0.2) is 22.9 Å². The Labute approximate surface area is 115 Å². The van der Waals surface area contributed by atoms with Crippen LogP contribution in [-0.2, 0) is 11.2 Å². The van der Waals surface area contributed by atoms with Crippen LogP contribution in [0, 0.1) is 11.3 Å². The maximum Gasteiger partial charge on any atom is 0.231 e. The highest BCUT2D eigenvalue weighted by Crippen LogP contribution is 2.31. The molecular weight excluding hydrogens is 254 g/mol. The molecule has 0 fully saturated rings. The van der Waals surface area contributed by atoms with Gasteiger partial charge in [0.1, 0.15) is 18.0 Å². The molecule has 1 aromatic heterocycles. The number of anilines is 3. The summed E-state index contributed by atoms with van der Waals surface area (Å²) >= 11 is 0. The molecule has 1 aliphatic rings. The van der Waals surface area contributed by atoms with Crippen molar-refractivity contribution in [3.63, 3.8) is 0 Å². The Morgan fingerprint density at radius 1 is 1.45 bits per heavy atom. The van der Waals surface area contributed by atoms with Crippen LogP contribution in [0.4, 0.5) is 17.2 Å². The fourth-order valence-corrected chi connectivity index (χ4v) is 2.20. The number of rotatable bonds is 2. The zero-order valence-electron chi connectivity index (χ0n) is 10.8. The molecule has 0 saturated carbocycles. The van der Waals surface area contributed by atoms with E-state index in [0.29, 0.717) is 17.8 Å². The first kappa shape index (κ1) is 12.1. The van der Waals surface area contributed by atoms with Crippen LogP contribution in [0.2, 0.25) is 0 Å². The highest BCUT2D eigenvalue weighted by atomic mass is 16.2. The topological polar surface area (TPSA) is 81.9 Å². The summed E-state index contributed by atoms with van der Waals surface area (Å²) in [5.74, 6) is 0.539. The molecule has 1 aliphatic heterocycles. The van der Waals surface area contributed by atoms with Crippen molar-refractivity contribution in [2.24, 2.45) is 0 Å². The highest BCUT2D eigenvalue weighted by Gasteiger charge is 2.23. The van der Waals surface area contributed by atoms with Crippen LogP contribution < -0.4 is 10.2 Å². The van der Waals surface area contributed by atoms with Crippen LogP contribution in [0.5, 0.6) is 0 Å². The number of nitrogens with zero attached hydrogens (tertiary/aromatic N) is 4. The first-order valence-corrected chi connectivity index (χ1v) is 6.05. The number of nitrogens with one attached hydrogen (secondary N) is 1. The Hall–Kier alpha value is -2.94. The van der Waals surface area contributed by atoms with Gasteiger partial charge in [-0.1, -0.05) is 0 Å². The van der Waals surface area contributed by atoms with E-state index in [4.69, 9.17) is 5.26 Å². The summed E-state index contributed by atoms with van der Waals surface area (Å²) < 4.78 is 0. The van der Waals surface area contributed by atoms with E-state index in [1.54, 1.807) is 11.9 Å². The van der Waals surface area contributed by atoms with Crippen LogP contribution in [0.25, 0.3) is 0 Å². The molecule has 0 atom stereocenters. The minimum atomic E-state index is 0.0805. The lowest BCUT2D eigenvalue weighted by molar-refractivity contribution is -0.117. The van der Waals surface area contributed by atoms with E-state index < -0.39 is 0 Å². The quantitative estimate of drug-likeness (QED) is 0.892. The zero-order chi connectivity index (χ0) is 14.1. The largest absolute Gasteiger partial charge is 0.339 e. The lowest BCUT2D eigenvalue weighted by Crippen LogP contribution is -2.20. The van der Waals surface area contributed by atoms with Crippen molar-refractivity contribution in [3.8, 4) is 6.07 Å². The number of amides is 1. The molecule has 0 unspecified atom stereocenters. The molecule has 3 rings (SSSR count). The monoisotopic (exact) mass is 265 g/mol. The van der Waals surface area contributed by atoms with Gasteiger partial charge in [0.15, 0.2) is 5.82 Å². The van der Waals surface area contributed by atoms with Gasteiger partial charge in [0.05, 0.1) is 12.6 Å². The molecule has 1 N–H and O–H groups in total. The van der Waals surface area contributed by atoms with Crippen molar-refractivity contribution in [2.45, 2.75) is 6.42 Å². The minimum Gasteiger partial charge on any atom is -0.339 e. The van der Waals surface area contributed by atoms with E-state index in [2.05, 4.69) is 15.3 Å². The lowest BCUT2D eigenvalue weighted by Gasteiger charge is -2.11. The van der Waals surface area contributed by atoms with Crippen molar-refractivity contribution in [1.29, 1.82) is 5.26 Å². The molecule has 1 amide bonds. The Kier molecular flexibility index (Phi) is 2.80. The van der Waals surface area contributed by atoms with Crippen molar-refractivity contribution in [1.82, 2.24) is 9.97 Å². The molecule has 98 valence electrons. The average Bonchev–Trinajstić information content (AvgIpc) is 2.74. The number of nitriles is 1. The van der Waals surface area contributed by atoms with Gasteiger partial charge in [-0.3, -0.25) is 4.79 Å². The molecule has 2 heterocycles. The maximum atomic E-state index is 11.6. The maximum absolute atomic E-state index is 11.6. The third-order valence-electron chi connectivity index (χ3n) is 3.25. The molecular formula is C14H11N5O. The highest BCUT2D eigenvalue weighted by molar-refractivity contribution is 6.01. The molecule has 2 aromatic rings. The fraction of sp³-hybridized carbons (Fsp3) is 0.143. The standard InChI is InChI=1S/C14H11N5O/c1-19-12-3-2-11(4-9(12)5-13(19)20)18-14-10(6-15)7-16-8-17-14/h2-4,7-8H,5H2,1H3,(H,16,17,18). The van der Waals surface area contributed by atoms with Gasteiger partial charge in [0, 0.05) is 18.4 Å². The third kappa shape index (κ3) is 1.95. The lowest BCUT2D eigenvalue weighted by atomic mass is 10.1. The van der Waals surface area contributed by atoms with Gasteiger partial charge in [-0.2, -0.15) is 5.26 Å². The number of carbonyl (C=O) groups is 1. The second-order valence-electron chi connectivity index (χ2n) is 4.49. The number of hydrogen-bond donors (Lipinski definition) is 1. The smallest absolute Gasteiger partial charge is 0.231 e. The van der Waals surface area contributed by atoms with Crippen LogP contribution in [0.3, 0.4) is 0 Å². The first-order chi connectivity index (χ1) is 9.69. The predicted molar refractivity (Wildman–Crippen MR) is 73.6 cm³/mol. The van der Waals surface area contributed by atoms with Gasteiger partial charge in [-0.15, -0.1) is 0 Å². The summed E-state index contributed by atoms with van der Waals surface area (Å²) in [5.41, 5.74) is 3.06. The number of fused-ring (bicyclic) bond motifs is 1. The molecule has 0 spiro atoms.